The zero-order chi connectivity index (χ0) is 19.8. The Balaban J connectivity index is 1.81. The molecule has 1 aromatic heterocycles. The molecule has 0 atom stereocenters. The number of rotatable bonds is 4. The Labute approximate surface area is 176 Å². The number of para-hydroxylation sites is 2. The molecule has 1 heterocycles. The lowest BCUT2D eigenvalue weighted by Crippen LogP contribution is -1.93. The monoisotopic (exact) mass is 393 g/mol. The molecule has 0 fully saturated rings. The van der Waals surface area contributed by atoms with Crippen LogP contribution in [0, 0.1) is 0 Å². The highest BCUT2D eigenvalue weighted by Crippen LogP contribution is 2.38. The Morgan fingerprint density at radius 2 is 1.48 bits per heavy atom. The molecule has 5 aromatic rings. The van der Waals surface area contributed by atoms with Crippen LogP contribution in [0.4, 0.5) is 0 Å². The maximum atomic E-state index is 2.37. The van der Waals surface area contributed by atoms with Gasteiger partial charge in [0.1, 0.15) is 0 Å². The third kappa shape index (κ3) is 2.95. The molecule has 0 radical (unpaired) electrons. The first kappa shape index (κ1) is 18.1. The standard InChI is InChI=1S/C27H23NS/c1-3-19-10-9-14-22(27(19)29-2)20-16-17-26-24(18-20)23-13-7-8-15-25(23)28(26)21-11-5-4-6-12-21/h4-18H,3H2,1-2H3. The predicted molar refractivity (Wildman–Crippen MR) is 127 cm³/mol. The van der Waals surface area contributed by atoms with Crippen molar-refractivity contribution in [2.24, 2.45) is 0 Å². The molecule has 1 nitrogen and oxygen atoms in total. The van der Waals surface area contributed by atoms with Gasteiger partial charge in [-0.1, -0.05) is 67.6 Å². The Kier molecular flexibility index (Phi) is 4.65. The van der Waals surface area contributed by atoms with Gasteiger partial charge in [0.2, 0.25) is 0 Å². The fourth-order valence-corrected chi connectivity index (χ4v) is 5.21. The van der Waals surface area contributed by atoms with Gasteiger partial charge in [-0.05, 0) is 59.7 Å². The smallest absolute Gasteiger partial charge is 0.0541 e. The molecule has 0 amide bonds. The SMILES string of the molecule is CCc1cccc(-c2ccc3c(c2)c2ccccc2n3-c2ccccc2)c1SC. The van der Waals surface area contributed by atoms with Crippen molar-refractivity contribution in [3.05, 3.63) is 96.6 Å². The summed E-state index contributed by atoms with van der Waals surface area (Å²) in [6.07, 6.45) is 3.23. The molecule has 0 unspecified atom stereocenters. The van der Waals surface area contributed by atoms with E-state index in [2.05, 4.69) is 109 Å². The van der Waals surface area contributed by atoms with Crippen molar-refractivity contribution < 1.29 is 0 Å². The van der Waals surface area contributed by atoms with Crippen LogP contribution in [0.15, 0.2) is 95.9 Å². The van der Waals surface area contributed by atoms with Crippen LogP contribution in [0.1, 0.15) is 12.5 Å². The molecule has 0 bridgehead atoms. The van der Waals surface area contributed by atoms with E-state index in [0.717, 1.165) is 6.42 Å². The quantitative estimate of drug-likeness (QED) is 0.283. The number of fused-ring (bicyclic) bond motifs is 3. The van der Waals surface area contributed by atoms with Gasteiger partial charge in [-0.15, -0.1) is 11.8 Å². The second-order valence-electron chi connectivity index (χ2n) is 7.27. The number of thioether (sulfide) groups is 1. The van der Waals surface area contributed by atoms with Gasteiger partial charge >= 0.3 is 0 Å². The summed E-state index contributed by atoms with van der Waals surface area (Å²) in [5.41, 5.74) is 7.73. The lowest BCUT2D eigenvalue weighted by Gasteiger charge is -2.13. The lowest BCUT2D eigenvalue weighted by atomic mass is 10.00. The molecule has 29 heavy (non-hydrogen) atoms. The predicted octanol–water partition coefficient (Wildman–Crippen LogP) is 7.74. The summed E-state index contributed by atoms with van der Waals surface area (Å²) in [5, 5.41) is 2.60. The summed E-state index contributed by atoms with van der Waals surface area (Å²) >= 11 is 1.85. The van der Waals surface area contributed by atoms with E-state index < -0.39 is 0 Å². The second-order valence-corrected chi connectivity index (χ2v) is 8.09. The highest BCUT2D eigenvalue weighted by atomic mass is 32.2. The molecule has 4 aromatic carbocycles. The Morgan fingerprint density at radius 3 is 2.28 bits per heavy atom. The minimum atomic E-state index is 1.06. The number of aromatic nitrogens is 1. The first-order chi connectivity index (χ1) is 14.3. The molecule has 0 N–H and O–H groups in total. The normalized spacial score (nSPS) is 11.4. The fraction of sp³-hybridized carbons (Fsp3) is 0.111. The average molecular weight is 394 g/mol. The topological polar surface area (TPSA) is 4.93 Å². The summed E-state index contributed by atoms with van der Waals surface area (Å²) in [6.45, 7) is 2.23. The van der Waals surface area contributed by atoms with Gasteiger partial charge in [0.05, 0.1) is 11.0 Å². The van der Waals surface area contributed by atoms with Crippen molar-refractivity contribution in [2.45, 2.75) is 18.2 Å². The first-order valence-corrected chi connectivity index (χ1v) is 11.3. The summed E-state index contributed by atoms with van der Waals surface area (Å²) in [6, 6.07) is 32.9. The number of hydrogen-bond acceptors (Lipinski definition) is 1. The van der Waals surface area contributed by atoms with Gasteiger partial charge in [-0.2, -0.15) is 0 Å². The Bertz CT molecular complexity index is 1310. The van der Waals surface area contributed by atoms with E-state index in [1.54, 1.807) is 0 Å². The van der Waals surface area contributed by atoms with E-state index in [4.69, 9.17) is 0 Å². The van der Waals surface area contributed by atoms with E-state index in [-0.39, 0.29) is 0 Å². The highest BCUT2D eigenvalue weighted by Gasteiger charge is 2.14. The lowest BCUT2D eigenvalue weighted by molar-refractivity contribution is 1.09. The van der Waals surface area contributed by atoms with Crippen molar-refractivity contribution in [3.8, 4) is 16.8 Å². The minimum absolute atomic E-state index is 1.06. The van der Waals surface area contributed by atoms with Gasteiger partial charge in [0, 0.05) is 21.4 Å². The van der Waals surface area contributed by atoms with Crippen LogP contribution >= 0.6 is 11.8 Å². The molecular formula is C27H23NS. The van der Waals surface area contributed by atoms with Gasteiger partial charge in [-0.25, -0.2) is 0 Å². The van der Waals surface area contributed by atoms with Crippen molar-refractivity contribution >= 4 is 33.6 Å². The zero-order valence-corrected chi connectivity index (χ0v) is 17.5. The van der Waals surface area contributed by atoms with Crippen LogP contribution in [-0.2, 0) is 6.42 Å². The molecular weight excluding hydrogens is 370 g/mol. The average Bonchev–Trinajstić information content (AvgIpc) is 3.12. The van der Waals surface area contributed by atoms with Crippen LogP contribution in [0.3, 0.4) is 0 Å². The molecule has 142 valence electrons. The van der Waals surface area contributed by atoms with E-state index in [1.807, 2.05) is 11.8 Å². The van der Waals surface area contributed by atoms with E-state index >= 15 is 0 Å². The van der Waals surface area contributed by atoms with Crippen LogP contribution in [-0.4, -0.2) is 10.8 Å². The highest BCUT2D eigenvalue weighted by molar-refractivity contribution is 7.98. The van der Waals surface area contributed by atoms with Gasteiger partial charge in [0.15, 0.2) is 0 Å². The van der Waals surface area contributed by atoms with Crippen LogP contribution in [0.5, 0.6) is 0 Å². The summed E-state index contributed by atoms with van der Waals surface area (Å²) in [4.78, 5) is 1.39. The molecule has 0 spiro atoms. The van der Waals surface area contributed by atoms with Crippen molar-refractivity contribution in [3.63, 3.8) is 0 Å². The van der Waals surface area contributed by atoms with Crippen molar-refractivity contribution in [2.75, 3.05) is 6.26 Å². The zero-order valence-electron chi connectivity index (χ0n) is 16.7. The third-order valence-electron chi connectivity index (χ3n) is 5.68. The maximum Gasteiger partial charge on any atom is 0.0541 e. The summed E-state index contributed by atoms with van der Waals surface area (Å²) in [5.74, 6) is 0. The number of nitrogens with zero attached hydrogens (tertiary/aromatic N) is 1. The molecule has 0 aliphatic carbocycles. The Morgan fingerprint density at radius 1 is 0.724 bits per heavy atom. The fourth-order valence-electron chi connectivity index (χ4n) is 4.33. The maximum absolute atomic E-state index is 2.37. The van der Waals surface area contributed by atoms with Crippen LogP contribution in [0.25, 0.3) is 38.6 Å². The molecule has 0 saturated carbocycles. The molecule has 0 saturated heterocycles. The number of benzene rings is 4. The van der Waals surface area contributed by atoms with Crippen molar-refractivity contribution in [1.29, 1.82) is 0 Å². The van der Waals surface area contributed by atoms with Crippen LogP contribution < -0.4 is 0 Å². The van der Waals surface area contributed by atoms with Gasteiger partial charge in [0.25, 0.3) is 0 Å². The largest absolute Gasteiger partial charge is 0.309 e. The second kappa shape index (κ2) is 7.46. The number of aryl methyl sites for hydroxylation is 1. The Hall–Kier alpha value is -2.97. The third-order valence-corrected chi connectivity index (χ3v) is 6.57. The minimum Gasteiger partial charge on any atom is -0.309 e. The first-order valence-electron chi connectivity index (χ1n) is 10.1. The molecule has 5 rings (SSSR count). The van der Waals surface area contributed by atoms with E-state index in [0.29, 0.717) is 0 Å². The molecule has 0 aliphatic heterocycles. The van der Waals surface area contributed by atoms with E-state index in [1.165, 1.54) is 49.1 Å². The van der Waals surface area contributed by atoms with Crippen molar-refractivity contribution in [1.82, 2.24) is 4.57 Å². The summed E-state index contributed by atoms with van der Waals surface area (Å²) < 4.78 is 2.37. The van der Waals surface area contributed by atoms with Crippen LogP contribution in [0.2, 0.25) is 0 Å². The van der Waals surface area contributed by atoms with Gasteiger partial charge in [-0.3, -0.25) is 0 Å². The van der Waals surface area contributed by atoms with Gasteiger partial charge < -0.3 is 4.57 Å². The van der Waals surface area contributed by atoms with E-state index in [9.17, 15) is 0 Å². The molecule has 2 heteroatoms. The summed E-state index contributed by atoms with van der Waals surface area (Å²) in [7, 11) is 0. The molecule has 0 aliphatic rings. The number of hydrogen-bond donors (Lipinski definition) is 0.